The zero-order valence-electron chi connectivity index (χ0n) is 12.5. The summed E-state index contributed by atoms with van der Waals surface area (Å²) in [5, 5.41) is 9.02. The third kappa shape index (κ3) is 3.57. The molecule has 1 fully saturated rings. The average Bonchev–Trinajstić information content (AvgIpc) is 2.86. The van der Waals surface area contributed by atoms with Crippen LogP contribution in [0.5, 0.6) is 5.75 Å². The summed E-state index contributed by atoms with van der Waals surface area (Å²) in [6.07, 6.45) is -0.339. The number of amides is 1. The van der Waals surface area contributed by atoms with Crippen LogP contribution in [0, 0.1) is 11.3 Å². The number of carbonyl (C=O) groups is 1. The molecule has 22 heavy (non-hydrogen) atoms. The van der Waals surface area contributed by atoms with Gasteiger partial charge in [0.15, 0.2) is 15.9 Å². The number of ether oxygens (including phenoxy) is 1. The van der Waals surface area contributed by atoms with E-state index in [0.29, 0.717) is 17.7 Å². The van der Waals surface area contributed by atoms with E-state index in [1.54, 1.807) is 38.2 Å². The predicted molar refractivity (Wildman–Crippen MR) is 81.1 cm³/mol. The van der Waals surface area contributed by atoms with Gasteiger partial charge in [0.1, 0.15) is 11.8 Å². The van der Waals surface area contributed by atoms with Gasteiger partial charge in [-0.1, -0.05) is 12.1 Å². The normalized spacial score (nSPS) is 20.9. The van der Waals surface area contributed by atoms with Crippen LogP contribution in [0.3, 0.4) is 0 Å². The first kappa shape index (κ1) is 16.3. The van der Waals surface area contributed by atoms with Crippen molar-refractivity contribution < 1.29 is 17.9 Å². The van der Waals surface area contributed by atoms with Crippen molar-refractivity contribution in [1.29, 1.82) is 5.26 Å². The van der Waals surface area contributed by atoms with Crippen LogP contribution in [-0.4, -0.2) is 49.9 Å². The number of nitriles is 1. The molecule has 1 heterocycles. The van der Waals surface area contributed by atoms with Gasteiger partial charge in [-0.2, -0.15) is 5.26 Å². The van der Waals surface area contributed by atoms with Crippen molar-refractivity contribution in [3.63, 3.8) is 0 Å². The first-order valence-electron chi connectivity index (χ1n) is 6.97. The topological polar surface area (TPSA) is 87.5 Å². The number of hydrogen-bond donors (Lipinski definition) is 0. The summed E-state index contributed by atoms with van der Waals surface area (Å²) >= 11 is 0. The minimum Gasteiger partial charge on any atom is -0.480 e. The second-order valence-electron chi connectivity index (χ2n) is 5.37. The van der Waals surface area contributed by atoms with E-state index < -0.39 is 15.9 Å². The molecule has 1 aliphatic heterocycles. The van der Waals surface area contributed by atoms with Gasteiger partial charge >= 0.3 is 0 Å². The number of likely N-dealkylation sites (N-methyl/N-ethyl adjacent to an activating group) is 1. The Balaban J connectivity index is 2.05. The number of rotatable bonds is 4. The van der Waals surface area contributed by atoms with Gasteiger partial charge in [0.2, 0.25) is 0 Å². The molecule has 0 aliphatic carbocycles. The maximum Gasteiger partial charge on any atom is 0.263 e. The molecule has 0 bridgehead atoms. The third-order valence-electron chi connectivity index (χ3n) is 3.76. The molecule has 118 valence electrons. The van der Waals surface area contributed by atoms with Crippen LogP contribution in [0.25, 0.3) is 0 Å². The molecule has 0 saturated carbocycles. The lowest BCUT2D eigenvalue weighted by molar-refractivity contribution is -0.138. The Morgan fingerprint density at radius 3 is 2.73 bits per heavy atom. The molecule has 1 aromatic carbocycles. The predicted octanol–water partition coefficient (Wildman–Crippen LogP) is 0.971. The van der Waals surface area contributed by atoms with E-state index >= 15 is 0 Å². The summed E-state index contributed by atoms with van der Waals surface area (Å²) in [6, 6.07) is 8.37. The van der Waals surface area contributed by atoms with Gasteiger partial charge in [0, 0.05) is 13.1 Å². The van der Waals surface area contributed by atoms with Gasteiger partial charge in [0.05, 0.1) is 17.1 Å². The molecule has 0 N–H and O–H groups in total. The number of para-hydroxylation sites is 1. The van der Waals surface area contributed by atoms with Crippen LogP contribution in [0.1, 0.15) is 18.9 Å². The number of sulfone groups is 1. The Bertz CT molecular complexity index is 708. The fourth-order valence-electron chi connectivity index (χ4n) is 2.45. The maximum atomic E-state index is 12.4. The number of carbonyl (C=O) groups excluding carboxylic acids is 1. The van der Waals surface area contributed by atoms with E-state index in [-0.39, 0.29) is 23.5 Å². The lowest BCUT2D eigenvalue weighted by Crippen LogP contribution is -2.44. The molecule has 2 unspecified atom stereocenters. The van der Waals surface area contributed by atoms with Crippen molar-refractivity contribution in [2.75, 3.05) is 18.6 Å². The van der Waals surface area contributed by atoms with E-state index in [1.165, 1.54) is 4.90 Å². The van der Waals surface area contributed by atoms with Crippen LogP contribution in [0.15, 0.2) is 24.3 Å². The van der Waals surface area contributed by atoms with E-state index in [2.05, 4.69) is 0 Å². The zero-order valence-corrected chi connectivity index (χ0v) is 13.3. The average molecular weight is 322 g/mol. The maximum absolute atomic E-state index is 12.4. The van der Waals surface area contributed by atoms with Gasteiger partial charge in [0.25, 0.3) is 5.91 Å². The van der Waals surface area contributed by atoms with E-state index in [0.717, 1.165) is 0 Å². The van der Waals surface area contributed by atoms with Gasteiger partial charge in [-0.05, 0) is 25.5 Å². The van der Waals surface area contributed by atoms with E-state index in [4.69, 9.17) is 10.00 Å². The van der Waals surface area contributed by atoms with Crippen molar-refractivity contribution in [2.24, 2.45) is 0 Å². The summed E-state index contributed by atoms with van der Waals surface area (Å²) < 4.78 is 28.6. The van der Waals surface area contributed by atoms with E-state index in [1.807, 2.05) is 6.07 Å². The molecular formula is C15H18N2O4S. The molecule has 0 radical (unpaired) electrons. The molecule has 0 aromatic heterocycles. The quantitative estimate of drug-likeness (QED) is 0.824. The number of nitrogens with zero attached hydrogens (tertiary/aromatic N) is 2. The Hall–Kier alpha value is -2.07. The molecule has 0 spiro atoms. The second kappa shape index (κ2) is 6.36. The summed E-state index contributed by atoms with van der Waals surface area (Å²) in [6.45, 7) is 1.59. The van der Waals surface area contributed by atoms with Crippen molar-refractivity contribution in [3.8, 4) is 11.8 Å². The first-order valence-corrected chi connectivity index (χ1v) is 8.79. The molecule has 2 rings (SSSR count). The first-order chi connectivity index (χ1) is 10.3. The Morgan fingerprint density at radius 1 is 1.45 bits per heavy atom. The minimum absolute atomic E-state index is 0.00323. The number of benzene rings is 1. The Labute approximate surface area is 130 Å². The fourth-order valence-corrected chi connectivity index (χ4v) is 4.22. The van der Waals surface area contributed by atoms with Crippen LogP contribution in [0.4, 0.5) is 0 Å². The molecule has 1 aliphatic rings. The fraction of sp³-hybridized carbons (Fsp3) is 0.467. The highest BCUT2D eigenvalue weighted by Crippen LogP contribution is 2.21. The lowest BCUT2D eigenvalue weighted by Gasteiger charge is -2.26. The highest BCUT2D eigenvalue weighted by atomic mass is 32.2. The minimum atomic E-state index is -3.05. The van der Waals surface area contributed by atoms with E-state index in [9.17, 15) is 13.2 Å². The van der Waals surface area contributed by atoms with Crippen LogP contribution < -0.4 is 4.74 Å². The SMILES string of the molecule is CC(Oc1ccccc1C#N)C(=O)N(C)C1CCS(=O)(=O)C1. The van der Waals surface area contributed by atoms with Crippen molar-refractivity contribution in [2.45, 2.75) is 25.5 Å². The molecule has 1 amide bonds. The zero-order chi connectivity index (χ0) is 16.3. The van der Waals surface area contributed by atoms with Crippen LogP contribution in [0.2, 0.25) is 0 Å². The highest BCUT2D eigenvalue weighted by molar-refractivity contribution is 7.91. The smallest absolute Gasteiger partial charge is 0.263 e. The molecule has 7 heteroatoms. The summed E-state index contributed by atoms with van der Waals surface area (Å²) in [5.74, 6) is 0.159. The van der Waals surface area contributed by atoms with Crippen molar-refractivity contribution >= 4 is 15.7 Å². The molecular weight excluding hydrogens is 304 g/mol. The van der Waals surface area contributed by atoms with Crippen LogP contribution >= 0.6 is 0 Å². The molecule has 6 nitrogen and oxygen atoms in total. The highest BCUT2D eigenvalue weighted by Gasteiger charge is 2.34. The van der Waals surface area contributed by atoms with Gasteiger partial charge in [-0.3, -0.25) is 4.79 Å². The summed E-state index contributed by atoms with van der Waals surface area (Å²) in [4.78, 5) is 13.8. The van der Waals surface area contributed by atoms with Crippen molar-refractivity contribution in [1.82, 2.24) is 4.90 Å². The Morgan fingerprint density at radius 2 is 2.14 bits per heavy atom. The summed E-state index contributed by atoms with van der Waals surface area (Å²) in [7, 11) is -1.46. The number of hydrogen-bond acceptors (Lipinski definition) is 5. The lowest BCUT2D eigenvalue weighted by atomic mass is 10.2. The monoisotopic (exact) mass is 322 g/mol. The largest absolute Gasteiger partial charge is 0.480 e. The third-order valence-corrected chi connectivity index (χ3v) is 5.51. The summed E-state index contributed by atoms with van der Waals surface area (Å²) in [5.41, 5.74) is 0.355. The Kier molecular flexibility index (Phi) is 4.71. The van der Waals surface area contributed by atoms with Crippen LogP contribution in [-0.2, 0) is 14.6 Å². The molecule has 1 saturated heterocycles. The molecule has 1 aromatic rings. The van der Waals surface area contributed by atoms with Gasteiger partial charge in [-0.15, -0.1) is 0 Å². The molecule has 2 atom stereocenters. The second-order valence-corrected chi connectivity index (χ2v) is 7.60. The van der Waals surface area contributed by atoms with Crippen molar-refractivity contribution in [3.05, 3.63) is 29.8 Å². The van der Waals surface area contributed by atoms with Gasteiger partial charge < -0.3 is 9.64 Å². The van der Waals surface area contributed by atoms with Gasteiger partial charge in [-0.25, -0.2) is 8.42 Å². The standard InChI is InChI=1S/C15H18N2O4S/c1-11(21-14-6-4-3-5-12(14)9-16)15(18)17(2)13-7-8-22(19,20)10-13/h3-6,11,13H,7-8,10H2,1-2H3.